The van der Waals surface area contributed by atoms with Crippen LogP contribution in [0.25, 0.3) is 0 Å². The molecule has 1 atom stereocenters. The summed E-state index contributed by atoms with van der Waals surface area (Å²) in [5.41, 5.74) is 0. The Morgan fingerprint density at radius 1 is 0.875 bits per heavy atom. The van der Waals surface area contributed by atoms with Gasteiger partial charge in [-0.2, -0.15) is 0 Å². The molecule has 0 saturated heterocycles. The smallest absolute Gasteiger partial charge is 0.0951 e. The van der Waals surface area contributed by atoms with Crippen molar-refractivity contribution in [2.24, 2.45) is 0 Å². The average Bonchev–Trinajstić information content (AvgIpc) is 3.09. The molecule has 2 nitrogen and oxygen atoms in total. The quantitative estimate of drug-likeness (QED) is 0.206. The van der Waals surface area contributed by atoms with Gasteiger partial charge >= 0.3 is 0 Å². The van der Waals surface area contributed by atoms with Crippen LogP contribution in [0.2, 0.25) is 0 Å². The fourth-order valence-electron chi connectivity index (χ4n) is 3.23. The van der Waals surface area contributed by atoms with E-state index < -0.39 is 0 Å². The summed E-state index contributed by atoms with van der Waals surface area (Å²) in [6, 6.07) is 0.421. The molecule has 0 N–H and O–H groups in total. The lowest BCUT2D eigenvalue weighted by Gasteiger charge is -2.13. The van der Waals surface area contributed by atoms with Gasteiger partial charge in [0.25, 0.3) is 0 Å². The molecule has 3 heteroatoms. The monoisotopic (exact) mass is 398 g/mol. The molecule has 1 unspecified atom stereocenters. The first-order chi connectivity index (χ1) is 11.4. The number of rotatable bonds is 16. The fraction of sp³-hybridized carbons (Fsp3) is 0.762. The second-order valence-electron chi connectivity index (χ2n) is 6.84. The number of hydrogen-bond donors (Lipinski definition) is 0. The van der Waals surface area contributed by atoms with E-state index in [-0.39, 0.29) is 17.0 Å². The van der Waals surface area contributed by atoms with Crippen molar-refractivity contribution in [2.45, 2.75) is 103 Å². The predicted octanol–water partition coefficient (Wildman–Crippen LogP) is 7.67. The fourth-order valence-corrected chi connectivity index (χ4v) is 3.23. The zero-order valence-corrected chi connectivity index (χ0v) is 17.5. The Morgan fingerprint density at radius 3 is 1.79 bits per heavy atom. The van der Waals surface area contributed by atoms with Crippen molar-refractivity contribution in [2.75, 3.05) is 0 Å². The largest absolute Gasteiger partial charge is 0.331 e. The second kappa shape index (κ2) is 17.3. The lowest BCUT2D eigenvalue weighted by atomic mass is 10.0. The Balaban J connectivity index is 0.00000529. The third-order valence-corrected chi connectivity index (χ3v) is 4.78. The van der Waals surface area contributed by atoms with E-state index in [1.807, 2.05) is 24.8 Å². The lowest BCUT2D eigenvalue weighted by molar-refractivity contribution is 0.496. The van der Waals surface area contributed by atoms with E-state index in [0.29, 0.717) is 6.04 Å². The molecule has 0 aliphatic heterocycles. The minimum atomic E-state index is 0. The lowest BCUT2D eigenvalue weighted by Crippen LogP contribution is -2.03. The first-order valence-corrected chi connectivity index (χ1v) is 9.98. The van der Waals surface area contributed by atoms with Crippen LogP contribution in [-0.2, 0) is 0 Å². The van der Waals surface area contributed by atoms with E-state index in [1.165, 1.54) is 89.9 Å². The molecule has 0 spiro atoms. The molecule has 0 aliphatic carbocycles. The minimum absolute atomic E-state index is 0. The summed E-state index contributed by atoms with van der Waals surface area (Å²) >= 11 is 0. The Kier molecular flexibility index (Phi) is 16.8. The van der Waals surface area contributed by atoms with Crippen molar-refractivity contribution >= 4 is 17.0 Å². The standard InChI is InChI=1S/C21H38N2.BrH/c1-3-5-6-7-8-9-10-11-12-13-14-15-16-17-21(4-2)23-19-18-22-20-23;/h4,18-21H,2-3,5-17H2,1H3;1H. The molecular weight excluding hydrogens is 360 g/mol. The number of aromatic nitrogens is 2. The molecule has 0 amide bonds. The van der Waals surface area contributed by atoms with Gasteiger partial charge in [0.05, 0.1) is 12.4 Å². The van der Waals surface area contributed by atoms with Gasteiger partial charge in [0.2, 0.25) is 0 Å². The molecule has 1 aromatic heterocycles. The Labute approximate surface area is 160 Å². The number of unbranched alkanes of at least 4 members (excludes halogenated alkanes) is 12. The van der Waals surface area contributed by atoms with Gasteiger partial charge in [-0.1, -0.05) is 96.5 Å². The van der Waals surface area contributed by atoms with Gasteiger partial charge in [-0.15, -0.1) is 23.6 Å². The molecule has 0 aliphatic rings. The topological polar surface area (TPSA) is 17.8 Å². The second-order valence-corrected chi connectivity index (χ2v) is 6.84. The first kappa shape index (κ1) is 23.4. The van der Waals surface area contributed by atoms with Crippen LogP contribution in [0.15, 0.2) is 31.4 Å². The van der Waals surface area contributed by atoms with E-state index in [1.54, 1.807) is 0 Å². The van der Waals surface area contributed by atoms with Gasteiger partial charge in [0.1, 0.15) is 0 Å². The van der Waals surface area contributed by atoms with E-state index in [9.17, 15) is 0 Å². The Morgan fingerprint density at radius 2 is 1.38 bits per heavy atom. The van der Waals surface area contributed by atoms with Crippen molar-refractivity contribution in [3.05, 3.63) is 31.4 Å². The van der Waals surface area contributed by atoms with Gasteiger partial charge < -0.3 is 4.57 Å². The molecule has 1 aromatic rings. The van der Waals surface area contributed by atoms with Crippen LogP contribution in [0.5, 0.6) is 0 Å². The molecule has 1 rings (SSSR count). The molecule has 0 fully saturated rings. The summed E-state index contributed by atoms with van der Waals surface area (Å²) in [6.45, 7) is 6.24. The number of halogens is 1. The summed E-state index contributed by atoms with van der Waals surface area (Å²) < 4.78 is 2.16. The molecule has 140 valence electrons. The maximum atomic E-state index is 4.12. The highest BCUT2D eigenvalue weighted by molar-refractivity contribution is 8.93. The number of hydrogen-bond acceptors (Lipinski definition) is 1. The maximum absolute atomic E-state index is 4.12. The zero-order valence-electron chi connectivity index (χ0n) is 15.8. The molecule has 0 saturated carbocycles. The van der Waals surface area contributed by atoms with Crippen LogP contribution in [-0.4, -0.2) is 9.55 Å². The molecule has 0 bridgehead atoms. The predicted molar refractivity (Wildman–Crippen MR) is 112 cm³/mol. The van der Waals surface area contributed by atoms with Gasteiger partial charge in [-0.25, -0.2) is 4.98 Å². The highest BCUT2D eigenvalue weighted by Gasteiger charge is 2.04. The number of imidazole rings is 1. The van der Waals surface area contributed by atoms with Crippen molar-refractivity contribution in [1.82, 2.24) is 9.55 Å². The minimum Gasteiger partial charge on any atom is -0.331 e. The third-order valence-electron chi connectivity index (χ3n) is 4.78. The first-order valence-electron chi connectivity index (χ1n) is 9.98. The van der Waals surface area contributed by atoms with E-state index in [0.717, 1.165) is 0 Å². The highest BCUT2D eigenvalue weighted by atomic mass is 79.9. The Bertz CT molecular complexity index is 362. The summed E-state index contributed by atoms with van der Waals surface area (Å²) in [6.07, 6.45) is 27.4. The van der Waals surface area contributed by atoms with Crippen molar-refractivity contribution in [1.29, 1.82) is 0 Å². The number of allylic oxidation sites excluding steroid dienone is 1. The SMILES string of the molecule is Br.C=CC(CCCCCCCCCCCCCCC)n1ccnc1. The summed E-state index contributed by atoms with van der Waals surface area (Å²) in [7, 11) is 0. The molecule has 24 heavy (non-hydrogen) atoms. The summed E-state index contributed by atoms with van der Waals surface area (Å²) in [4.78, 5) is 4.12. The normalized spacial score (nSPS) is 11.9. The third kappa shape index (κ3) is 11.9. The van der Waals surface area contributed by atoms with Crippen LogP contribution < -0.4 is 0 Å². The number of nitrogens with zero attached hydrogens (tertiary/aromatic N) is 2. The zero-order chi connectivity index (χ0) is 16.6. The summed E-state index contributed by atoms with van der Waals surface area (Å²) in [5, 5.41) is 0. The van der Waals surface area contributed by atoms with Gasteiger partial charge in [0, 0.05) is 12.4 Å². The Hall–Kier alpha value is -0.570. The highest BCUT2D eigenvalue weighted by Crippen LogP contribution is 2.18. The van der Waals surface area contributed by atoms with Crippen molar-refractivity contribution in [3.8, 4) is 0 Å². The summed E-state index contributed by atoms with van der Waals surface area (Å²) in [5.74, 6) is 0. The van der Waals surface area contributed by atoms with Crippen LogP contribution >= 0.6 is 17.0 Å². The van der Waals surface area contributed by atoms with Crippen LogP contribution in [0, 0.1) is 0 Å². The van der Waals surface area contributed by atoms with Gasteiger partial charge in [-0.05, 0) is 6.42 Å². The van der Waals surface area contributed by atoms with Crippen LogP contribution in [0.4, 0.5) is 0 Å². The van der Waals surface area contributed by atoms with E-state index in [2.05, 4.69) is 23.1 Å². The molecule has 1 heterocycles. The van der Waals surface area contributed by atoms with E-state index >= 15 is 0 Å². The van der Waals surface area contributed by atoms with Gasteiger partial charge in [0.15, 0.2) is 0 Å². The van der Waals surface area contributed by atoms with Crippen LogP contribution in [0.1, 0.15) is 103 Å². The maximum Gasteiger partial charge on any atom is 0.0951 e. The molecule has 0 aromatic carbocycles. The van der Waals surface area contributed by atoms with Crippen molar-refractivity contribution in [3.63, 3.8) is 0 Å². The van der Waals surface area contributed by atoms with Crippen LogP contribution in [0.3, 0.4) is 0 Å². The molecular formula is C21H39BrN2. The molecule has 0 radical (unpaired) electrons. The van der Waals surface area contributed by atoms with Gasteiger partial charge in [-0.3, -0.25) is 0 Å². The average molecular weight is 399 g/mol. The van der Waals surface area contributed by atoms with Crippen molar-refractivity contribution < 1.29 is 0 Å². The van der Waals surface area contributed by atoms with E-state index in [4.69, 9.17) is 0 Å².